The van der Waals surface area contributed by atoms with Crippen molar-refractivity contribution in [2.75, 3.05) is 0 Å². The van der Waals surface area contributed by atoms with Crippen LogP contribution in [-0.4, -0.2) is 29.2 Å². The Hall–Kier alpha value is -3.32. The van der Waals surface area contributed by atoms with Crippen molar-refractivity contribution in [2.45, 2.75) is 21.4 Å². The molecule has 4 aromatic rings. The molecule has 0 saturated carbocycles. The first-order valence-electron chi connectivity index (χ1n) is 10.0. The van der Waals surface area contributed by atoms with Gasteiger partial charge in [-0.15, -0.1) is 0 Å². The van der Waals surface area contributed by atoms with E-state index in [1.807, 2.05) is 0 Å². The summed E-state index contributed by atoms with van der Waals surface area (Å²) < 4.78 is 93.9. The molecule has 0 aliphatic carbocycles. The predicted molar refractivity (Wildman–Crippen MR) is 129 cm³/mol. The number of aromatic nitrogens is 1. The number of halogens is 1. The highest BCUT2D eigenvalue weighted by Crippen LogP contribution is 2.32. The van der Waals surface area contributed by atoms with Gasteiger partial charge in [-0.3, -0.25) is 0 Å². The summed E-state index contributed by atoms with van der Waals surface area (Å²) >= 11 is 0. The largest absolute Gasteiger partial charge is 0.269 e. The topological polar surface area (TPSA) is 119 Å². The van der Waals surface area contributed by atoms with Gasteiger partial charge < -0.3 is 0 Å². The fourth-order valence-electron chi connectivity index (χ4n) is 3.42. The van der Waals surface area contributed by atoms with Crippen LogP contribution in [0.2, 0.25) is 0 Å². The van der Waals surface area contributed by atoms with E-state index in [2.05, 4.69) is 11.3 Å². The molecule has 0 unspecified atom stereocenters. The minimum absolute atomic E-state index is 0.0944. The summed E-state index contributed by atoms with van der Waals surface area (Å²) in [5.74, 6) is -0.783. The highest BCUT2D eigenvalue weighted by molar-refractivity contribution is 7.94. The first kappa shape index (κ1) is 24.8. The lowest BCUT2D eigenvalue weighted by Crippen LogP contribution is -2.20. The molecule has 0 fully saturated rings. The van der Waals surface area contributed by atoms with Crippen molar-refractivity contribution in [3.05, 3.63) is 102 Å². The normalized spacial score (nSPS) is 12.6. The first-order valence-corrected chi connectivity index (χ1v) is 14.5. The van der Waals surface area contributed by atoms with Crippen molar-refractivity contribution < 1.29 is 29.6 Å². The van der Waals surface area contributed by atoms with E-state index < -0.39 is 45.6 Å². The van der Waals surface area contributed by atoms with Gasteiger partial charge in [-0.05, 0) is 48.0 Å². The van der Waals surface area contributed by atoms with E-state index in [0.29, 0.717) is 14.9 Å². The van der Waals surface area contributed by atoms with Gasteiger partial charge in [-0.25, -0.2) is 38.3 Å². The SMILES string of the molecule is C=CS(=O)(=O)NCc1ccc(S(=O)(=O)c2cc3ccccc3n2S(=O)(=O)c2cccc(F)c2)cc1. The van der Waals surface area contributed by atoms with E-state index in [-0.39, 0.29) is 17.0 Å². The van der Waals surface area contributed by atoms with E-state index in [0.717, 1.165) is 17.5 Å². The van der Waals surface area contributed by atoms with Crippen LogP contribution in [0.15, 0.2) is 106 Å². The molecule has 8 nitrogen and oxygen atoms in total. The van der Waals surface area contributed by atoms with Gasteiger partial charge in [0.2, 0.25) is 19.9 Å². The summed E-state index contributed by atoms with van der Waals surface area (Å²) in [6, 6.07) is 17.1. The Morgan fingerprint density at radius 1 is 0.829 bits per heavy atom. The monoisotopic (exact) mass is 534 g/mol. The van der Waals surface area contributed by atoms with Gasteiger partial charge in [0.15, 0.2) is 5.03 Å². The smallest absolute Gasteiger partial charge is 0.222 e. The fraction of sp³-hybridized carbons (Fsp3) is 0.0435. The lowest BCUT2D eigenvalue weighted by molar-refractivity contribution is 0.571. The number of fused-ring (bicyclic) bond motifs is 1. The second-order valence-electron chi connectivity index (χ2n) is 7.45. The molecule has 12 heteroatoms. The van der Waals surface area contributed by atoms with Crippen LogP contribution in [-0.2, 0) is 36.4 Å². The Labute approximate surface area is 202 Å². The molecule has 0 aliphatic rings. The Bertz CT molecular complexity index is 1760. The van der Waals surface area contributed by atoms with Crippen molar-refractivity contribution in [1.82, 2.24) is 8.69 Å². The van der Waals surface area contributed by atoms with Crippen LogP contribution in [0.25, 0.3) is 10.9 Å². The molecule has 182 valence electrons. The molecule has 3 aromatic carbocycles. The van der Waals surface area contributed by atoms with Crippen LogP contribution < -0.4 is 4.72 Å². The van der Waals surface area contributed by atoms with E-state index >= 15 is 0 Å². The van der Waals surface area contributed by atoms with Crippen LogP contribution in [0.5, 0.6) is 0 Å². The molecule has 0 bridgehead atoms. The van der Waals surface area contributed by atoms with Gasteiger partial charge in [-0.2, -0.15) is 0 Å². The number of sulfonamides is 1. The van der Waals surface area contributed by atoms with Gasteiger partial charge >= 0.3 is 0 Å². The Kier molecular flexibility index (Phi) is 6.40. The number of sulfone groups is 1. The minimum atomic E-state index is -4.49. The highest BCUT2D eigenvalue weighted by Gasteiger charge is 2.31. The van der Waals surface area contributed by atoms with Crippen molar-refractivity contribution in [2.24, 2.45) is 0 Å². The summed E-state index contributed by atoms with van der Waals surface area (Å²) in [5, 5.41) is 0.605. The van der Waals surface area contributed by atoms with Crippen molar-refractivity contribution in [3.63, 3.8) is 0 Å². The number of nitrogens with zero attached hydrogens (tertiary/aromatic N) is 1. The molecule has 0 aliphatic heterocycles. The van der Waals surface area contributed by atoms with Crippen LogP contribution in [0.4, 0.5) is 4.39 Å². The summed E-state index contributed by atoms with van der Waals surface area (Å²) in [6.45, 7) is 3.10. The molecule has 35 heavy (non-hydrogen) atoms. The zero-order chi connectivity index (χ0) is 25.4. The highest BCUT2D eigenvalue weighted by atomic mass is 32.2. The number of nitrogens with one attached hydrogen (secondary N) is 1. The maximum absolute atomic E-state index is 13.8. The third kappa shape index (κ3) is 4.78. The average Bonchev–Trinajstić information content (AvgIpc) is 3.25. The zero-order valence-electron chi connectivity index (χ0n) is 18.0. The summed E-state index contributed by atoms with van der Waals surface area (Å²) in [5.41, 5.74) is 0.591. The summed E-state index contributed by atoms with van der Waals surface area (Å²) in [6.07, 6.45) is 0. The van der Waals surface area contributed by atoms with E-state index in [9.17, 15) is 29.6 Å². The van der Waals surface area contributed by atoms with Gasteiger partial charge in [-0.1, -0.05) is 43.0 Å². The molecule has 1 N–H and O–H groups in total. The number of para-hydroxylation sites is 1. The maximum Gasteiger partial charge on any atom is 0.269 e. The van der Waals surface area contributed by atoms with Crippen LogP contribution in [0.1, 0.15) is 5.56 Å². The van der Waals surface area contributed by atoms with Crippen LogP contribution in [0, 0.1) is 5.82 Å². The van der Waals surface area contributed by atoms with Crippen LogP contribution >= 0.6 is 0 Å². The molecular formula is C23H19FN2O6S3. The molecule has 0 spiro atoms. The Morgan fingerprint density at radius 3 is 2.17 bits per heavy atom. The lowest BCUT2D eigenvalue weighted by Gasteiger charge is -2.13. The van der Waals surface area contributed by atoms with Crippen LogP contribution in [0.3, 0.4) is 0 Å². The molecule has 0 saturated heterocycles. The van der Waals surface area contributed by atoms with Gasteiger partial charge in [0, 0.05) is 17.3 Å². The molecule has 1 heterocycles. The molecule has 0 amide bonds. The molecular weight excluding hydrogens is 515 g/mol. The van der Waals surface area contributed by atoms with Gasteiger partial charge in [0.25, 0.3) is 10.0 Å². The van der Waals surface area contributed by atoms with Crippen molar-refractivity contribution in [1.29, 1.82) is 0 Å². The lowest BCUT2D eigenvalue weighted by atomic mass is 10.2. The summed E-state index contributed by atoms with van der Waals surface area (Å²) in [7, 11) is -12.5. The van der Waals surface area contributed by atoms with Crippen molar-refractivity contribution in [3.8, 4) is 0 Å². The average molecular weight is 535 g/mol. The molecule has 0 radical (unpaired) electrons. The standard InChI is InChI=1S/C23H19FN2O6S3/c1-2-33(27,28)25-16-17-10-12-20(13-11-17)34(29,30)23-14-18-6-3-4-9-22(18)26(23)35(31,32)21-8-5-7-19(24)15-21/h2-15,25H,1,16H2. The second kappa shape index (κ2) is 9.04. The second-order valence-corrected chi connectivity index (χ2v) is 12.8. The first-order chi connectivity index (χ1) is 16.5. The number of rotatable bonds is 8. The van der Waals surface area contributed by atoms with E-state index in [4.69, 9.17) is 0 Å². The maximum atomic E-state index is 13.8. The minimum Gasteiger partial charge on any atom is -0.222 e. The van der Waals surface area contributed by atoms with E-state index in [1.165, 1.54) is 48.5 Å². The molecule has 4 rings (SSSR count). The Morgan fingerprint density at radius 2 is 1.51 bits per heavy atom. The summed E-state index contributed by atoms with van der Waals surface area (Å²) in [4.78, 5) is -0.605. The van der Waals surface area contributed by atoms with Gasteiger partial charge in [0.05, 0.1) is 15.3 Å². The zero-order valence-corrected chi connectivity index (χ0v) is 20.4. The quantitative estimate of drug-likeness (QED) is 0.370. The number of hydrogen-bond acceptors (Lipinski definition) is 6. The number of hydrogen-bond donors (Lipinski definition) is 1. The van der Waals surface area contributed by atoms with Gasteiger partial charge in [0.1, 0.15) is 5.82 Å². The van der Waals surface area contributed by atoms with Crippen molar-refractivity contribution >= 4 is 40.8 Å². The molecule has 1 aromatic heterocycles. The number of benzene rings is 3. The fourth-order valence-corrected chi connectivity index (χ4v) is 7.27. The van der Waals surface area contributed by atoms with E-state index in [1.54, 1.807) is 18.2 Å². The molecule has 0 atom stereocenters. The third-order valence-electron chi connectivity index (χ3n) is 5.17. The third-order valence-corrected chi connectivity index (χ3v) is 9.74. The predicted octanol–water partition coefficient (Wildman–Crippen LogP) is 3.41. The Balaban J connectivity index is 1.84.